The minimum Gasteiger partial charge on any atom is -0.493 e. The van der Waals surface area contributed by atoms with Crippen molar-refractivity contribution < 1.29 is 9.47 Å². The quantitative estimate of drug-likeness (QED) is 0.884. The smallest absolute Gasteiger partial charge is 0.162 e. The zero-order chi connectivity index (χ0) is 14.5. The van der Waals surface area contributed by atoms with Crippen LogP contribution in [0.5, 0.6) is 11.5 Å². The van der Waals surface area contributed by atoms with Gasteiger partial charge < -0.3 is 14.8 Å². The third-order valence-electron chi connectivity index (χ3n) is 3.31. The summed E-state index contributed by atoms with van der Waals surface area (Å²) in [6, 6.07) is 14.6. The molecular weight excluding hydrogens is 250 g/mol. The maximum absolute atomic E-state index is 5.32. The van der Waals surface area contributed by atoms with E-state index in [1.165, 1.54) is 11.1 Å². The molecule has 0 aliphatic rings. The first-order valence-electron chi connectivity index (χ1n) is 6.69. The van der Waals surface area contributed by atoms with Crippen molar-refractivity contribution in [1.82, 2.24) is 0 Å². The zero-order valence-corrected chi connectivity index (χ0v) is 12.4. The molecule has 1 unspecified atom stereocenters. The van der Waals surface area contributed by atoms with Crippen LogP contribution in [0.1, 0.15) is 24.1 Å². The van der Waals surface area contributed by atoms with E-state index in [4.69, 9.17) is 9.47 Å². The molecule has 1 N–H and O–H groups in total. The molecule has 0 aliphatic heterocycles. The van der Waals surface area contributed by atoms with Gasteiger partial charge in [-0.25, -0.2) is 0 Å². The molecule has 0 heterocycles. The summed E-state index contributed by atoms with van der Waals surface area (Å²) in [7, 11) is 3.28. The number of hydrogen-bond donors (Lipinski definition) is 1. The summed E-state index contributed by atoms with van der Waals surface area (Å²) in [5.41, 5.74) is 3.54. The van der Waals surface area contributed by atoms with Crippen LogP contribution in [-0.2, 0) is 0 Å². The molecule has 1 atom stereocenters. The number of ether oxygens (including phenoxy) is 2. The van der Waals surface area contributed by atoms with Crippen LogP contribution in [0.4, 0.5) is 5.69 Å². The lowest BCUT2D eigenvalue weighted by Crippen LogP contribution is -2.07. The standard InChI is InChI=1S/C17H21NO2/c1-12-6-5-7-14(10-12)13(2)18-15-8-9-16(19-3)17(11-15)20-4/h5-11,13,18H,1-4H3. The van der Waals surface area contributed by atoms with Crippen LogP contribution in [0.2, 0.25) is 0 Å². The molecule has 0 fully saturated rings. The molecule has 0 amide bonds. The van der Waals surface area contributed by atoms with Crippen molar-refractivity contribution in [1.29, 1.82) is 0 Å². The van der Waals surface area contributed by atoms with E-state index in [-0.39, 0.29) is 6.04 Å². The van der Waals surface area contributed by atoms with Gasteiger partial charge in [-0.2, -0.15) is 0 Å². The monoisotopic (exact) mass is 271 g/mol. The third-order valence-corrected chi connectivity index (χ3v) is 3.31. The largest absolute Gasteiger partial charge is 0.493 e. The van der Waals surface area contributed by atoms with Crippen molar-refractivity contribution in [2.75, 3.05) is 19.5 Å². The van der Waals surface area contributed by atoms with Gasteiger partial charge in [-0.1, -0.05) is 29.8 Å². The van der Waals surface area contributed by atoms with E-state index in [9.17, 15) is 0 Å². The van der Waals surface area contributed by atoms with Gasteiger partial charge in [0.05, 0.1) is 14.2 Å². The van der Waals surface area contributed by atoms with E-state index in [1.807, 2.05) is 18.2 Å². The molecule has 3 heteroatoms. The van der Waals surface area contributed by atoms with Crippen molar-refractivity contribution in [3.8, 4) is 11.5 Å². The zero-order valence-electron chi connectivity index (χ0n) is 12.4. The molecule has 0 bridgehead atoms. The predicted molar refractivity (Wildman–Crippen MR) is 82.8 cm³/mol. The van der Waals surface area contributed by atoms with E-state index in [0.29, 0.717) is 0 Å². The highest BCUT2D eigenvalue weighted by Crippen LogP contribution is 2.31. The molecule has 2 rings (SSSR count). The Hall–Kier alpha value is -2.16. The molecule has 0 spiro atoms. The van der Waals surface area contributed by atoms with Gasteiger partial charge in [-0.05, 0) is 31.5 Å². The number of rotatable bonds is 5. The molecule has 106 valence electrons. The van der Waals surface area contributed by atoms with E-state index < -0.39 is 0 Å². The van der Waals surface area contributed by atoms with Gasteiger partial charge in [0.1, 0.15) is 0 Å². The molecule has 0 aromatic heterocycles. The van der Waals surface area contributed by atoms with E-state index >= 15 is 0 Å². The van der Waals surface area contributed by atoms with Crippen LogP contribution in [-0.4, -0.2) is 14.2 Å². The summed E-state index contributed by atoms with van der Waals surface area (Å²) >= 11 is 0. The second-order valence-corrected chi connectivity index (χ2v) is 4.85. The number of anilines is 1. The number of hydrogen-bond acceptors (Lipinski definition) is 3. The predicted octanol–water partition coefficient (Wildman–Crippen LogP) is 4.19. The first kappa shape index (κ1) is 14.3. The maximum atomic E-state index is 5.32. The van der Waals surface area contributed by atoms with E-state index in [0.717, 1.165) is 17.2 Å². The summed E-state index contributed by atoms with van der Waals surface area (Å²) < 4.78 is 10.6. The van der Waals surface area contributed by atoms with Gasteiger partial charge >= 0.3 is 0 Å². The highest BCUT2D eigenvalue weighted by molar-refractivity contribution is 5.55. The Morgan fingerprint density at radius 1 is 0.950 bits per heavy atom. The Labute approximate surface area is 120 Å². The summed E-state index contributed by atoms with van der Waals surface area (Å²) in [5.74, 6) is 1.47. The molecule has 0 aliphatic carbocycles. The van der Waals surface area contributed by atoms with Gasteiger partial charge in [0.15, 0.2) is 11.5 Å². The van der Waals surface area contributed by atoms with Gasteiger partial charge in [0.25, 0.3) is 0 Å². The van der Waals surface area contributed by atoms with Crippen LogP contribution >= 0.6 is 0 Å². The second kappa shape index (κ2) is 6.33. The maximum Gasteiger partial charge on any atom is 0.162 e. The normalized spacial score (nSPS) is 11.8. The van der Waals surface area contributed by atoms with Crippen molar-refractivity contribution in [2.24, 2.45) is 0 Å². The fourth-order valence-corrected chi connectivity index (χ4v) is 2.20. The Balaban J connectivity index is 2.17. The number of nitrogens with one attached hydrogen (secondary N) is 1. The molecule has 2 aromatic rings. The van der Waals surface area contributed by atoms with Gasteiger partial charge in [-0.3, -0.25) is 0 Å². The summed E-state index contributed by atoms with van der Waals surface area (Å²) in [4.78, 5) is 0. The van der Waals surface area contributed by atoms with Crippen LogP contribution in [0.3, 0.4) is 0 Å². The first-order valence-corrected chi connectivity index (χ1v) is 6.69. The molecule has 0 radical (unpaired) electrons. The van der Waals surface area contributed by atoms with E-state index in [2.05, 4.69) is 43.4 Å². The van der Waals surface area contributed by atoms with Crippen LogP contribution < -0.4 is 14.8 Å². The molecule has 0 saturated heterocycles. The minimum atomic E-state index is 0.230. The van der Waals surface area contributed by atoms with Crippen LogP contribution in [0, 0.1) is 6.92 Å². The average molecular weight is 271 g/mol. The Morgan fingerprint density at radius 2 is 1.70 bits per heavy atom. The molecule has 2 aromatic carbocycles. The summed E-state index contributed by atoms with van der Waals surface area (Å²) in [6.45, 7) is 4.25. The average Bonchev–Trinajstić information content (AvgIpc) is 2.47. The van der Waals surface area contributed by atoms with Crippen LogP contribution in [0.25, 0.3) is 0 Å². The van der Waals surface area contributed by atoms with Crippen molar-refractivity contribution in [3.63, 3.8) is 0 Å². The summed E-state index contributed by atoms with van der Waals surface area (Å²) in [5, 5.41) is 3.48. The third kappa shape index (κ3) is 3.23. The van der Waals surface area contributed by atoms with Crippen molar-refractivity contribution >= 4 is 5.69 Å². The lowest BCUT2D eigenvalue weighted by Gasteiger charge is -2.17. The Kier molecular flexibility index (Phi) is 4.51. The first-order chi connectivity index (χ1) is 9.63. The van der Waals surface area contributed by atoms with Gasteiger partial charge in [0, 0.05) is 17.8 Å². The fourth-order valence-electron chi connectivity index (χ4n) is 2.20. The minimum absolute atomic E-state index is 0.230. The van der Waals surface area contributed by atoms with Crippen molar-refractivity contribution in [2.45, 2.75) is 19.9 Å². The lowest BCUT2D eigenvalue weighted by atomic mass is 10.1. The number of benzene rings is 2. The molecular formula is C17H21NO2. The Morgan fingerprint density at radius 3 is 2.35 bits per heavy atom. The van der Waals surface area contributed by atoms with Crippen LogP contribution in [0.15, 0.2) is 42.5 Å². The summed E-state index contributed by atoms with van der Waals surface area (Å²) in [6.07, 6.45) is 0. The molecule has 0 saturated carbocycles. The molecule has 20 heavy (non-hydrogen) atoms. The van der Waals surface area contributed by atoms with Crippen molar-refractivity contribution in [3.05, 3.63) is 53.6 Å². The van der Waals surface area contributed by atoms with E-state index in [1.54, 1.807) is 14.2 Å². The lowest BCUT2D eigenvalue weighted by molar-refractivity contribution is 0.355. The SMILES string of the molecule is COc1ccc(NC(C)c2cccc(C)c2)cc1OC. The highest BCUT2D eigenvalue weighted by Gasteiger charge is 2.08. The fraction of sp³-hybridized carbons (Fsp3) is 0.294. The second-order valence-electron chi connectivity index (χ2n) is 4.85. The highest BCUT2D eigenvalue weighted by atomic mass is 16.5. The van der Waals surface area contributed by atoms with Gasteiger partial charge in [-0.15, -0.1) is 0 Å². The number of aryl methyl sites for hydroxylation is 1. The molecule has 3 nitrogen and oxygen atoms in total. The number of methoxy groups -OCH3 is 2. The Bertz CT molecular complexity index is 581. The topological polar surface area (TPSA) is 30.5 Å². The van der Waals surface area contributed by atoms with Gasteiger partial charge in [0.2, 0.25) is 0 Å².